The molecule has 1 aromatic carbocycles. The Bertz CT molecular complexity index is 1130. The highest BCUT2D eigenvalue weighted by Crippen LogP contribution is 2.39. The van der Waals surface area contributed by atoms with Gasteiger partial charge >= 0.3 is 12.4 Å². The maximum absolute atomic E-state index is 13.6. The van der Waals surface area contributed by atoms with Gasteiger partial charge in [-0.05, 0) is 47.5 Å². The van der Waals surface area contributed by atoms with Gasteiger partial charge in [-0.1, -0.05) is 35.3 Å². The second-order valence-electron chi connectivity index (χ2n) is 7.15. The van der Waals surface area contributed by atoms with Crippen LogP contribution < -0.4 is 0 Å². The standard InChI is InChI=1S/C22H14Cl2F6N2O/c23-18-9-12(10-19(24)32-18)8-15(33)11-16(13-3-5-14(6-4-13)21(25,26)27)20-17(22(28,29)30)2-1-7-31-20/h1-7,9-10,16H,8,11H2/t16-/m0/s1. The van der Waals surface area contributed by atoms with Gasteiger partial charge in [-0.3, -0.25) is 9.78 Å². The van der Waals surface area contributed by atoms with Crippen LogP contribution in [0.4, 0.5) is 26.3 Å². The van der Waals surface area contributed by atoms with Gasteiger partial charge in [0.05, 0.1) is 16.8 Å². The summed E-state index contributed by atoms with van der Waals surface area (Å²) >= 11 is 11.6. The molecule has 1 atom stereocenters. The van der Waals surface area contributed by atoms with Crippen molar-refractivity contribution in [1.82, 2.24) is 9.97 Å². The molecule has 0 bridgehead atoms. The van der Waals surface area contributed by atoms with Gasteiger partial charge in [-0.25, -0.2) is 4.98 Å². The zero-order valence-corrected chi connectivity index (χ0v) is 18.0. The van der Waals surface area contributed by atoms with Crippen molar-refractivity contribution < 1.29 is 31.1 Å². The van der Waals surface area contributed by atoms with E-state index in [4.69, 9.17) is 23.2 Å². The Hall–Kier alpha value is -2.65. The van der Waals surface area contributed by atoms with Gasteiger partial charge < -0.3 is 0 Å². The minimum Gasteiger partial charge on any atom is -0.299 e. The number of carbonyl (C=O) groups is 1. The molecule has 0 aliphatic rings. The number of benzene rings is 1. The number of rotatable bonds is 6. The molecule has 2 aromatic heterocycles. The van der Waals surface area contributed by atoms with Crippen molar-refractivity contribution in [1.29, 1.82) is 0 Å². The van der Waals surface area contributed by atoms with Crippen LogP contribution in [0, 0.1) is 0 Å². The molecule has 0 amide bonds. The molecular formula is C22H14Cl2F6N2O. The molecule has 174 valence electrons. The second kappa shape index (κ2) is 9.69. The molecule has 3 aromatic rings. The van der Waals surface area contributed by atoms with Crippen molar-refractivity contribution in [2.24, 2.45) is 0 Å². The Kier molecular flexibility index (Phi) is 7.33. The minimum absolute atomic E-state index is 0.0358. The van der Waals surface area contributed by atoms with Crippen molar-refractivity contribution >= 4 is 29.0 Å². The van der Waals surface area contributed by atoms with Crippen LogP contribution in [0.1, 0.15) is 40.3 Å². The van der Waals surface area contributed by atoms with E-state index in [1.54, 1.807) is 0 Å². The van der Waals surface area contributed by atoms with Crippen LogP contribution in [0.3, 0.4) is 0 Å². The van der Waals surface area contributed by atoms with Crippen molar-refractivity contribution in [2.75, 3.05) is 0 Å². The summed E-state index contributed by atoms with van der Waals surface area (Å²) in [6.45, 7) is 0. The lowest BCUT2D eigenvalue weighted by Crippen LogP contribution is -2.18. The van der Waals surface area contributed by atoms with E-state index in [2.05, 4.69) is 9.97 Å². The Balaban J connectivity index is 2.00. The van der Waals surface area contributed by atoms with Gasteiger partial charge in [0, 0.05) is 25.0 Å². The van der Waals surface area contributed by atoms with Crippen LogP contribution in [-0.4, -0.2) is 15.8 Å². The number of pyridine rings is 2. The third kappa shape index (κ3) is 6.45. The normalized spacial score (nSPS) is 13.1. The van der Waals surface area contributed by atoms with Crippen molar-refractivity contribution in [3.63, 3.8) is 0 Å². The smallest absolute Gasteiger partial charge is 0.299 e. The largest absolute Gasteiger partial charge is 0.418 e. The van der Waals surface area contributed by atoms with Gasteiger partial charge in [0.25, 0.3) is 0 Å². The summed E-state index contributed by atoms with van der Waals surface area (Å²) in [4.78, 5) is 20.4. The van der Waals surface area contributed by atoms with Gasteiger partial charge in [0.15, 0.2) is 0 Å². The first-order valence-corrected chi connectivity index (χ1v) is 10.1. The maximum Gasteiger partial charge on any atom is 0.418 e. The molecule has 0 aliphatic heterocycles. The monoisotopic (exact) mass is 506 g/mol. The number of ketones is 1. The molecule has 33 heavy (non-hydrogen) atoms. The van der Waals surface area contributed by atoms with Crippen molar-refractivity contribution in [3.8, 4) is 0 Å². The molecule has 0 unspecified atom stereocenters. The van der Waals surface area contributed by atoms with Crippen molar-refractivity contribution in [2.45, 2.75) is 31.1 Å². The number of nitrogens with zero attached hydrogens (tertiary/aromatic N) is 2. The Labute approximate surface area is 194 Å². The average Bonchev–Trinajstić information content (AvgIpc) is 2.70. The number of Topliss-reactive ketones (excluding diaryl/α,β-unsaturated/α-hetero) is 1. The highest BCUT2D eigenvalue weighted by molar-refractivity contribution is 6.32. The summed E-state index contributed by atoms with van der Waals surface area (Å²) in [6, 6.07) is 8.30. The molecular weight excluding hydrogens is 493 g/mol. The lowest BCUT2D eigenvalue weighted by atomic mass is 9.86. The Morgan fingerprint density at radius 1 is 0.909 bits per heavy atom. The third-order valence-electron chi connectivity index (χ3n) is 4.77. The molecule has 0 aliphatic carbocycles. The summed E-state index contributed by atoms with van der Waals surface area (Å²) in [6.07, 6.45) is -8.92. The maximum atomic E-state index is 13.6. The van der Waals surface area contributed by atoms with Gasteiger partial charge in [0.1, 0.15) is 16.1 Å². The van der Waals surface area contributed by atoms with E-state index in [0.717, 1.165) is 42.6 Å². The topological polar surface area (TPSA) is 42.9 Å². The average molecular weight is 507 g/mol. The van der Waals surface area contributed by atoms with Crippen LogP contribution in [0.2, 0.25) is 10.3 Å². The van der Waals surface area contributed by atoms with E-state index in [9.17, 15) is 31.1 Å². The summed E-state index contributed by atoms with van der Waals surface area (Å²) in [5.41, 5.74) is -2.00. The number of aromatic nitrogens is 2. The lowest BCUT2D eigenvalue weighted by molar-refractivity contribution is -0.139. The molecule has 0 fully saturated rings. The summed E-state index contributed by atoms with van der Waals surface area (Å²) in [5.74, 6) is -1.72. The van der Waals surface area contributed by atoms with Crippen LogP contribution in [0.15, 0.2) is 54.7 Å². The molecule has 11 heteroatoms. The summed E-state index contributed by atoms with van der Waals surface area (Å²) < 4.78 is 79.6. The van der Waals surface area contributed by atoms with E-state index >= 15 is 0 Å². The number of carbonyl (C=O) groups excluding carboxylic acids is 1. The quantitative estimate of drug-likeness (QED) is 0.263. The number of hydrogen-bond donors (Lipinski definition) is 0. The fourth-order valence-corrected chi connectivity index (χ4v) is 3.86. The predicted molar refractivity (Wildman–Crippen MR) is 110 cm³/mol. The van der Waals surface area contributed by atoms with E-state index in [1.807, 2.05) is 0 Å². The van der Waals surface area contributed by atoms with Crippen LogP contribution in [0.5, 0.6) is 0 Å². The van der Waals surface area contributed by atoms with E-state index in [0.29, 0.717) is 5.56 Å². The molecule has 0 saturated heterocycles. The third-order valence-corrected chi connectivity index (χ3v) is 5.16. The minimum atomic E-state index is -4.77. The summed E-state index contributed by atoms with van der Waals surface area (Å²) in [7, 11) is 0. The van der Waals surface area contributed by atoms with E-state index in [1.165, 1.54) is 12.1 Å². The lowest BCUT2D eigenvalue weighted by Gasteiger charge is -2.21. The second-order valence-corrected chi connectivity index (χ2v) is 7.92. The molecule has 3 rings (SSSR count). The highest BCUT2D eigenvalue weighted by Gasteiger charge is 2.37. The highest BCUT2D eigenvalue weighted by atomic mass is 35.5. The molecule has 0 radical (unpaired) electrons. The molecule has 0 saturated carbocycles. The summed E-state index contributed by atoms with van der Waals surface area (Å²) in [5, 5.41) is 0.0716. The first-order valence-electron chi connectivity index (χ1n) is 9.37. The van der Waals surface area contributed by atoms with Gasteiger partial charge in [-0.2, -0.15) is 26.3 Å². The number of alkyl halides is 6. The molecule has 0 N–H and O–H groups in total. The predicted octanol–water partition coefficient (Wildman–Crippen LogP) is 7.15. The Morgan fingerprint density at radius 2 is 1.52 bits per heavy atom. The first-order chi connectivity index (χ1) is 15.3. The van der Waals surface area contributed by atoms with Crippen LogP contribution >= 0.6 is 23.2 Å². The van der Waals surface area contributed by atoms with Gasteiger partial charge in [-0.15, -0.1) is 0 Å². The number of hydrogen-bond acceptors (Lipinski definition) is 3. The van der Waals surface area contributed by atoms with Crippen LogP contribution in [0.25, 0.3) is 0 Å². The molecule has 3 nitrogen and oxygen atoms in total. The van der Waals surface area contributed by atoms with Crippen molar-refractivity contribution in [3.05, 3.63) is 93.0 Å². The molecule has 2 heterocycles. The van der Waals surface area contributed by atoms with Crippen LogP contribution in [-0.2, 0) is 23.6 Å². The first kappa shape index (κ1) is 25.0. The SMILES string of the molecule is O=C(Cc1cc(Cl)nc(Cl)c1)C[C@@H](c1ccc(C(F)(F)F)cc1)c1ncccc1C(F)(F)F. The Morgan fingerprint density at radius 3 is 2.06 bits per heavy atom. The number of halogens is 8. The zero-order chi connectivity index (χ0) is 24.4. The van der Waals surface area contributed by atoms with Gasteiger partial charge in [0.2, 0.25) is 0 Å². The fourth-order valence-electron chi connectivity index (χ4n) is 3.36. The zero-order valence-electron chi connectivity index (χ0n) is 16.5. The van der Waals surface area contributed by atoms with E-state index < -0.39 is 47.3 Å². The molecule has 0 spiro atoms. The fraction of sp³-hybridized carbons (Fsp3) is 0.227. The van der Waals surface area contributed by atoms with E-state index in [-0.39, 0.29) is 22.3 Å².